The summed E-state index contributed by atoms with van der Waals surface area (Å²) in [5.74, 6) is 0. The van der Waals surface area contributed by atoms with Crippen molar-refractivity contribution >= 4 is 7.75 Å². The van der Waals surface area contributed by atoms with Gasteiger partial charge in [-0.15, -0.1) is 0 Å². The van der Waals surface area contributed by atoms with E-state index in [2.05, 4.69) is 5.09 Å². The van der Waals surface area contributed by atoms with Gasteiger partial charge in [0.25, 0.3) is 0 Å². The lowest BCUT2D eigenvalue weighted by atomic mass is 10.4. The minimum Gasteiger partial charge on any atom is -0.312 e. The first-order valence-electron chi connectivity index (χ1n) is 3.85. The molecule has 0 aromatic heterocycles. The Morgan fingerprint density at radius 3 is 2.64 bits per heavy atom. The van der Waals surface area contributed by atoms with E-state index in [1.54, 1.807) is 6.92 Å². The van der Waals surface area contributed by atoms with Crippen LogP contribution in [-0.4, -0.2) is 18.0 Å². The molecule has 0 radical (unpaired) electrons. The van der Waals surface area contributed by atoms with Gasteiger partial charge in [-0.05, 0) is 6.42 Å². The van der Waals surface area contributed by atoms with Gasteiger partial charge < -0.3 is 4.89 Å². The summed E-state index contributed by atoms with van der Waals surface area (Å²) in [6.45, 7) is 4.54. The van der Waals surface area contributed by atoms with Crippen LogP contribution in [0.25, 0.3) is 0 Å². The molecule has 0 bridgehead atoms. The molecule has 0 saturated carbocycles. The maximum atomic E-state index is 10.9. The molecule has 0 aromatic carbocycles. The van der Waals surface area contributed by atoms with Crippen molar-refractivity contribution < 1.29 is 14.0 Å². The van der Waals surface area contributed by atoms with Crippen LogP contribution in [0.4, 0.5) is 0 Å². The Labute approximate surface area is 67.5 Å². The molecule has 0 heterocycles. The van der Waals surface area contributed by atoms with Gasteiger partial charge in [-0.3, -0.25) is 4.52 Å². The monoisotopic (exact) mass is 181 g/mol. The van der Waals surface area contributed by atoms with Crippen LogP contribution in [-0.2, 0) is 9.09 Å². The Morgan fingerprint density at radius 1 is 1.55 bits per heavy atom. The van der Waals surface area contributed by atoms with Crippen LogP contribution in [0.1, 0.15) is 26.7 Å². The van der Waals surface area contributed by atoms with E-state index in [0.717, 1.165) is 12.8 Å². The Kier molecular flexibility index (Phi) is 5.78. The normalized spacial score (nSPS) is 16.3. The fourth-order valence-electron chi connectivity index (χ4n) is 0.578. The van der Waals surface area contributed by atoms with Crippen molar-refractivity contribution in [2.45, 2.75) is 26.7 Å². The van der Waals surface area contributed by atoms with Crippen molar-refractivity contribution in [3.8, 4) is 0 Å². The zero-order chi connectivity index (χ0) is 8.74. The Hall–Kier alpha value is 0.110. The lowest BCUT2D eigenvalue weighted by molar-refractivity contribution is 0.246. The van der Waals surface area contributed by atoms with E-state index in [0.29, 0.717) is 13.2 Å². The molecular formula is C6H16NO3P. The zero-order valence-corrected chi connectivity index (χ0v) is 7.93. The highest BCUT2D eigenvalue weighted by Gasteiger charge is 2.15. The largest absolute Gasteiger partial charge is 0.402 e. The van der Waals surface area contributed by atoms with Gasteiger partial charge in [-0.25, -0.2) is 9.65 Å². The number of nitrogens with one attached hydrogen (secondary N) is 1. The van der Waals surface area contributed by atoms with Gasteiger partial charge in [0, 0.05) is 6.54 Å². The summed E-state index contributed by atoms with van der Waals surface area (Å²) in [6.07, 6.45) is 1.78. The summed E-state index contributed by atoms with van der Waals surface area (Å²) in [4.78, 5) is 8.96. The third-order valence-electron chi connectivity index (χ3n) is 1.12. The van der Waals surface area contributed by atoms with Gasteiger partial charge in [0.2, 0.25) is 0 Å². The predicted octanol–water partition coefficient (Wildman–Crippen LogP) is 1.51. The van der Waals surface area contributed by atoms with Crippen molar-refractivity contribution in [3.63, 3.8) is 0 Å². The molecule has 0 spiro atoms. The first-order chi connectivity index (χ1) is 5.12. The van der Waals surface area contributed by atoms with Gasteiger partial charge in [0.05, 0.1) is 6.61 Å². The highest BCUT2D eigenvalue weighted by Crippen LogP contribution is 2.36. The van der Waals surface area contributed by atoms with Crippen LogP contribution in [0, 0.1) is 0 Å². The molecule has 2 N–H and O–H groups in total. The quantitative estimate of drug-likeness (QED) is 0.481. The SMILES string of the molecule is CCCCOP(=O)(O)NCC. The summed E-state index contributed by atoms with van der Waals surface area (Å²) >= 11 is 0. The molecule has 0 saturated heterocycles. The summed E-state index contributed by atoms with van der Waals surface area (Å²) in [5, 5.41) is 2.37. The maximum Gasteiger partial charge on any atom is 0.402 e. The average molecular weight is 181 g/mol. The second kappa shape index (κ2) is 5.72. The molecule has 68 valence electrons. The fourth-order valence-corrected chi connectivity index (χ4v) is 1.45. The third kappa shape index (κ3) is 6.51. The van der Waals surface area contributed by atoms with Crippen molar-refractivity contribution in [1.82, 2.24) is 5.09 Å². The molecule has 5 heteroatoms. The molecule has 0 aliphatic rings. The molecule has 1 atom stereocenters. The third-order valence-corrected chi connectivity index (χ3v) is 2.37. The number of hydrogen-bond donors (Lipinski definition) is 2. The molecule has 0 amide bonds. The molecule has 0 aromatic rings. The van der Waals surface area contributed by atoms with Crippen LogP contribution in [0.5, 0.6) is 0 Å². The fraction of sp³-hybridized carbons (Fsp3) is 1.00. The summed E-state index contributed by atoms with van der Waals surface area (Å²) < 4.78 is 15.6. The standard InChI is InChI=1S/C6H16NO3P/c1-3-5-6-10-11(8,9)7-4-2/h3-6H2,1-2H3,(H2,7,8,9). The molecule has 1 unspecified atom stereocenters. The topological polar surface area (TPSA) is 58.6 Å². The highest BCUT2D eigenvalue weighted by atomic mass is 31.2. The zero-order valence-electron chi connectivity index (χ0n) is 7.04. The number of rotatable bonds is 6. The van der Waals surface area contributed by atoms with Crippen molar-refractivity contribution in [1.29, 1.82) is 0 Å². The van der Waals surface area contributed by atoms with Crippen LogP contribution < -0.4 is 5.09 Å². The summed E-state index contributed by atoms with van der Waals surface area (Å²) in [5.41, 5.74) is 0. The Morgan fingerprint density at radius 2 is 2.18 bits per heavy atom. The van der Waals surface area contributed by atoms with Crippen LogP contribution in [0.3, 0.4) is 0 Å². The minimum atomic E-state index is -3.47. The van der Waals surface area contributed by atoms with E-state index in [-0.39, 0.29) is 0 Å². The average Bonchev–Trinajstić information content (AvgIpc) is 1.87. The van der Waals surface area contributed by atoms with Crippen LogP contribution in [0.2, 0.25) is 0 Å². The van der Waals surface area contributed by atoms with Crippen LogP contribution in [0.15, 0.2) is 0 Å². The summed E-state index contributed by atoms with van der Waals surface area (Å²) in [6, 6.07) is 0. The van der Waals surface area contributed by atoms with E-state index in [1.807, 2.05) is 6.92 Å². The number of unbranched alkanes of at least 4 members (excludes halogenated alkanes) is 1. The van der Waals surface area contributed by atoms with E-state index in [1.165, 1.54) is 0 Å². The first-order valence-corrected chi connectivity index (χ1v) is 5.42. The summed E-state index contributed by atoms with van der Waals surface area (Å²) in [7, 11) is -3.47. The molecule has 0 aliphatic carbocycles. The van der Waals surface area contributed by atoms with E-state index in [4.69, 9.17) is 9.42 Å². The van der Waals surface area contributed by atoms with Crippen LogP contribution >= 0.6 is 7.75 Å². The van der Waals surface area contributed by atoms with Crippen molar-refractivity contribution in [2.75, 3.05) is 13.2 Å². The molecule has 0 rings (SSSR count). The Balaban J connectivity index is 3.47. The second-order valence-corrected chi connectivity index (χ2v) is 3.83. The maximum absolute atomic E-state index is 10.9. The number of hydrogen-bond acceptors (Lipinski definition) is 2. The Bertz CT molecular complexity index is 140. The molecule has 0 aliphatic heterocycles. The molecule has 11 heavy (non-hydrogen) atoms. The van der Waals surface area contributed by atoms with Gasteiger partial charge in [0.15, 0.2) is 0 Å². The van der Waals surface area contributed by atoms with Crippen molar-refractivity contribution in [3.05, 3.63) is 0 Å². The van der Waals surface area contributed by atoms with E-state index < -0.39 is 7.75 Å². The van der Waals surface area contributed by atoms with Gasteiger partial charge in [-0.1, -0.05) is 20.3 Å². The highest BCUT2D eigenvalue weighted by molar-refractivity contribution is 7.50. The molecular weight excluding hydrogens is 165 g/mol. The van der Waals surface area contributed by atoms with E-state index >= 15 is 0 Å². The van der Waals surface area contributed by atoms with Gasteiger partial charge in [0.1, 0.15) is 0 Å². The minimum absolute atomic E-state index is 0.345. The van der Waals surface area contributed by atoms with Crippen molar-refractivity contribution in [2.24, 2.45) is 0 Å². The second-order valence-electron chi connectivity index (χ2n) is 2.22. The smallest absolute Gasteiger partial charge is 0.312 e. The molecule has 0 fully saturated rings. The lowest BCUT2D eigenvalue weighted by Crippen LogP contribution is -2.11. The van der Waals surface area contributed by atoms with E-state index in [9.17, 15) is 4.57 Å². The van der Waals surface area contributed by atoms with Gasteiger partial charge in [-0.2, -0.15) is 0 Å². The predicted molar refractivity (Wildman–Crippen MR) is 44.4 cm³/mol. The lowest BCUT2D eigenvalue weighted by Gasteiger charge is -2.10. The van der Waals surface area contributed by atoms with Gasteiger partial charge >= 0.3 is 7.75 Å². The first kappa shape index (κ1) is 11.1. The molecule has 4 nitrogen and oxygen atoms in total.